The number of imidazole rings is 1. The summed E-state index contributed by atoms with van der Waals surface area (Å²) < 4.78 is 3.87. The number of fused-ring (bicyclic) bond motifs is 1. The summed E-state index contributed by atoms with van der Waals surface area (Å²) >= 11 is 0. The van der Waals surface area contributed by atoms with Crippen LogP contribution in [0.2, 0.25) is 0 Å². The Hall–Kier alpha value is -2.18. The van der Waals surface area contributed by atoms with Crippen molar-refractivity contribution in [3.63, 3.8) is 0 Å². The molecule has 1 amide bonds. The molecule has 1 aliphatic rings. The van der Waals surface area contributed by atoms with Gasteiger partial charge in [-0.15, -0.1) is 10.2 Å². The highest BCUT2D eigenvalue weighted by molar-refractivity contribution is 6.01. The lowest BCUT2D eigenvalue weighted by Crippen LogP contribution is -2.19. The van der Waals surface area contributed by atoms with Gasteiger partial charge < -0.3 is 4.57 Å². The monoisotopic (exact) mass is 274 g/mol. The van der Waals surface area contributed by atoms with E-state index in [2.05, 4.69) is 20.5 Å². The first-order chi connectivity index (χ1) is 9.65. The van der Waals surface area contributed by atoms with Gasteiger partial charge in [0.1, 0.15) is 11.5 Å². The Morgan fingerprint density at radius 3 is 2.95 bits per heavy atom. The van der Waals surface area contributed by atoms with E-state index in [1.165, 1.54) is 0 Å². The Balaban J connectivity index is 1.77. The summed E-state index contributed by atoms with van der Waals surface area (Å²) in [4.78, 5) is 16.3. The third-order valence-electron chi connectivity index (χ3n) is 3.52. The number of hydrogen-bond acceptors (Lipinski definition) is 4. The first-order valence-electron chi connectivity index (χ1n) is 6.92. The molecule has 0 unspecified atom stereocenters. The first kappa shape index (κ1) is 12.8. The van der Waals surface area contributed by atoms with Gasteiger partial charge in [0, 0.05) is 25.2 Å². The van der Waals surface area contributed by atoms with Gasteiger partial charge >= 0.3 is 0 Å². The Bertz CT molecular complexity index is 627. The van der Waals surface area contributed by atoms with Crippen molar-refractivity contribution in [2.45, 2.75) is 45.7 Å². The quantitative estimate of drug-likeness (QED) is 0.923. The van der Waals surface area contributed by atoms with E-state index < -0.39 is 0 Å². The molecule has 2 aromatic rings. The van der Waals surface area contributed by atoms with Crippen molar-refractivity contribution >= 4 is 11.9 Å². The number of hydrogen-bond donors (Lipinski definition) is 1. The highest BCUT2D eigenvalue weighted by atomic mass is 16.2. The van der Waals surface area contributed by atoms with Crippen LogP contribution < -0.4 is 5.32 Å². The van der Waals surface area contributed by atoms with Gasteiger partial charge in [0.25, 0.3) is 5.91 Å². The fourth-order valence-electron chi connectivity index (χ4n) is 2.30. The molecule has 1 aliphatic heterocycles. The van der Waals surface area contributed by atoms with Crippen LogP contribution in [0.3, 0.4) is 0 Å². The van der Waals surface area contributed by atoms with E-state index in [4.69, 9.17) is 0 Å². The summed E-state index contributed by atoms with van der Waals surface area (Å²) in [7, 11) is 0. The highest BCUT2D eigenvalue weighted by Gasteiger charge is 2.19. The van der Waals surface area contributed by atoms with Crippen LogP contribution in [0, 0.1) is 0 Å². The van der Waals surface area contributed by atoms with Crippen molar-refractivity contribution < 1.29 is 4.79 Å². The predicted molar refractivity (Wildman–Crippen MR) is 73.5 cm³/mol. The molecule has 106 valence electrons. The van der Waals surface area contributed by atoms with Gasteiger partial charge in [0.05, 0.1) is 6.33 Å². The average molecular weight is 274 g/mol. The van der Waals surface area contributed by atoms with Crippen molar-refractivity contribution in [3.05, 3.63) is 24.0 Å². The van der Waals surface area contributed by atoms with Crippen molar-refractivity contribution in [2.75, 3.05) is 5.32 Å². The number of carbonyl (C=O) groups is 1. The molecule has 0 atom stereocenters. The number of anilines is 1. The SMILES string of the molecule is CC(C)n1cnc(C(=O)Nc2nnc3n2CCCC3)c1. The predicted octanol–water partition coefficient (Wildman–Crippen LogP) is 1.64. The molecule has 0 fully saturated rings. The molecule has 0 spiro atoms. The van der Waals surface area contributed by atoms with Gasteiger partial charge in [0.2, 0.25) is 5.95 Å². The maximum atomic E-state index is 12.2. The lowest BCUT2D eigenvalue weighted by atomic mass is 10.2. The Labute approximate surface area is 117 Å². The van der Waals surface area contributed by atoms with Crippen LogP contribution in [0.25, 0.3) is 0 Å². The summed E-state index contributed by atoms with van der Waals surface area (Å²) in [6.45, 7) is 4.94. The van der Waals surface area contributed by atoms with E-state index >= 15 is 0 Å². The van der Waals surface area contributed by atoms with Gasteiger partial charge in [-0.05, 0) is 26.7 Å². The highest BCUT2D eigenvalue weighted by Crippen LogP contribution is 2.17. The van der Waals surface area contributed by atoms with E-state index in [-0.39, 0.29) is 11.9 Å². The molecule has 0 bridgehead atoms. The van der Waals surface area contributed by atoms with Crippen LogP contribution in [0.1, 0.15) is 49.0 Å². The molecule has 0 saturated heterocycles. The number of aryl methyl sites for hydroxylation is 1. The van der Waals surface area contributed by atoms with Crippen LogP contribution in [-0.2, 0) is 13.0 Å². The molecular weight excluding hydrogens is 256 g/mol. The third kappa shape index (κ3) is 2.31. The first-order valence-corrected chi connectivity index (χ1v) is 6.92. The minimum atomic E-state index is -0.245. The fourth-order valence-corrected chi connectivity index (χ4v) is 2.30. The van der Waals surface area contributed by atoms with Crippen LogP contribution in [0.4, 0.5) is 5.95 Å². The van der Waals surface area contributed by atoms with Crippen LogP contribution in [0.15, 0.2) is 12.5 Å². The molecule has 0 saturated carbocycles. The number of aromatic nitrogens is 5. The van der Waals surface area contributed by atoms with E-state index in [1.807, 2.05) is 23.0 Å². The number of amides is 1. The molecule has 20 heavy (non-hydrogen) atoms. The summed E-state index contributed by atoms with van der Waals surface area (Å²) in [5.74, 6) is 1.22. The van der Waals surface area contributed by atoms with E-state index in [0.29, 0.717) is 11.6 Å². The molecule has 0 aromatic carbocycles. The Kier molecular flexibility index (Phi) is 3.25. The Morgan fingerprint density at radius 2 is 2.20 bits per heavy atom. The minimum Gasteiger partial charge on any atom is -0.334 e. The Morgan fingerprint density at radius 1 is 1.35 bits per heavy atom. The van der Waals surface area contributed by atoms with Gasteiger partial charge in [-0.3, -0.25) is 14.7 Å². The second kappa shape index (κ2) is 5.07. The molecule has 0 aliphatic carbocycles. The smallest absolute Gasteiger partial charge is 0.278 e. The van der Waals surface area contributed by atoms with Crippen LogP contribution >= 0.6 is 0 Å². The zero-order valence-electron chi connectivity index (χ0n) is 11.7. The number of rotatable bonds is 3. The molecular formula is C13H18N6O. The lowest BCUT2D eigenvalue weighted by molar-refractivity contribution is 0.102. The maximum absolute atomic E-state index is 12.2. The molecule has 1 N–H and O–H groups in total. The van der Waals surface area contributed by atoms with Crippen molar-refractivity contribution in [2.24, 2.45) is 0 Å². The summed E-state index contributed by atoms with van der Waals surface area (Å²) in [6, 6.07) is 0.282. The molecule has 2 aromatic heterocycles. The maximum Gasteiger partial charge on any atom is 0.278 e. The zero-order valence-corrected chi connectivity index (χ0v) is 11.7. The molecule has 3 rings (SSSR count). The average Bonchev–Trinajstić information content (AvgIpc) is 3.06. The number of nitrogens with one attached hydrogen (secondary N) is 1. The zero-order chi connectivity index (χ0) is 14.1. The second-order valence-electron chi connectivity index (χ2n) is 5.30. The van der Waals surface area contributed by atoms with Gasteiger partial charge in [-0.25, -0.2) is 4.98 Å². The summed E-state index contributed by atoms with van der Waals surface area (Å²) in [5, 5.41) is 11.0. The summed E-state index contributed by atoms with van der Waals surface area (Å²) in [5.41, 5.74) is 0.395. The number of nitrogens with zero attached hydrogens (tertiary/aromatic N) is 5. The molecule has 7 nitrogen and oxygen atoms in total. The van der Waals surface area contributed by atoms with E-state index in [9.17, 15) is 4.79 Å². The largest absolute Gasteiger partial charge is 0.334 e. The third-order valence-corrected chi connectivity index (χ3v) is 3.52. The lowest BCUT2D eigenvalue weighted by Gasteiger charge is -2.14. The van der Waals surface area contributed by atoms with Crippen molar-refractivity contribution in [3.8, 4) is 0 Å². The minimum absolute atomic E-state index is 0.245. The second-order valence-corrected chi connectivity index (χ2v) is 5.30. The van der Waals surface area contributed by atoms with Crippen molar-refractivity contribution in [1.82, 2.24) is 24.3 Å². The standard InChI is InChI=1S/C13H18N6O/c1-9(2)18-7-10(14-8-18)12(20)15-13-17-16-11-5-3-4-6-19(11)13/h7-9H,3-6H2,1-2H3,(H,15,17,20). The molecule has 3 heterocycles. The van der Waals surface area contributed by atoms with Crippen LogP contribution in [-0.4, -0.2) is 30.2 Å². The van der Waals surface area contributed by atoms with E-state index in [1.54, 1.807) is 12.5 Å². The van der Waals surface area contributed by atoms with Crippen LogP contribution in [0.5, 0.6) is 0 Å². The van der Waals surface area contributed by atoms with Gasteiger partial charge in [0.15, 0.2) is 0 Å². The topological polar surface area (TPSA) is 77.6 Å². The van der Waals surface area contributed by atoms with Gasteiger partial charge in [-0.2, -0.15) is 0 Å². The summed E-state index contributed by atoms with van der Waals surface area (Å²) in [6.07, 6.45) is 6.55. The normalized spacial score (nSPS) is 14.3. The van der Waals surface area contributed by atoms with E-state index in [0.717, 1.165) is 31.6 Å². The van der Waals surface area contributed by atoms with Gasteiger partial charge in [-0.1, -0.05) is 0 Å². The molecule has 7 heteroatoms. The van der Waals surface area contributed by atoms with Crippen molar-refractivity contribution in [1.29, 1.82) is 0 Å². The fraction of sp³-hybridized carbons (Fsp3) is 0.538. The molecule has 0 radical (unpaired) electrons. The number of carbonyl (C=O) groups excluding carboxylic acids is 1.